The molecule has 1 atom stereocenters. The fourth-order valence-electron chi connectivity index (χ4n) is 1.72. The summed E-state index contributed by atoms with van der Waals surface area (Å²) in [4.78, 5) is 0. The van der Waals surface area contributed by atoms with E-state index in [-0.39, 0.29) is 6.04 Å². The van der Waals surface area contributed by atoms with Crippen LogP contribution in [0.1, 0.15) is 24.5 Å². The average Bonchev–Trinajstić information content (AvgIpc) is 2.30. The molecule has 3 nitrogen and oxygen atoms in total. The van der Waals surface area contributed by atoms with E-state index in [0.717, 1.165) is 26.1 Å². The summed E-state index contributed by atoms with van der Waals surface area (Å²) in [6, 6.07) is 8.70. The van der Waals surface area contributed by atoms with Crippen molar-refractivity contribution in [2.45, 2.75) is 32.7 Å². The van der Waals surface area contributed by atoms with Crippen LogP contribution in [-0.2, 0) is 11.2 Å². The van der Waals surface area contributed by atoms with Gasteiger partial charge >= 0.3 is 0 Å². The maximum atomic E-state index is 5.55. The van der Waals surface area contributed by atoms with Crippen LogP contribution >= 0.6 is 0 Å². The molecule has 1 unspecified atom stereocenters. The molecular formula is C13H22N2O. The van der Waals surface area contributed by atoms with Gasteiger partial charge < -0.3 is 4.74 Å². The molecule has 0 amide bonds. The van der Waals surface area contributed by atoms with Gasteiger partial charge in [0.1, 0.15) is 0 Å². The second-order valence-electron chi connectivity index (χ2n) is 3.98. The maximum absolute atomic E-state index is 5.55. The number of benzene rings is 1. The number of aryl methyl sites for hydroxylation is 1. The Kier molecular flexibility index (Phi) is 6.08. The van der Waals surface area contributed by atoms with Crippen LogP contribution in [0.3, 0.4) is 0 Å². The number of nitrogens with one attached hydrogen (secondary N) is 1. The van der Waals surface area contributed by atoms with Crippen molar-refractivity contribution in [3.8, 4) is 0 Å². The predicted molar refractivity (Wildman–Crippen MR) is 67.1 cm³/mol. The van der Waals surface area contributed by atoms with E-state index in [1.54, 1.807) is 0 Å². The molecule has 0 spiro atoms. The molecule has 0 bridgehead atoms. The van der Waals surface area contributed by atoms with E-state index in [9.17, 15) is 0 Å². The van der Waals surface area contributed by atoms with Gasteiger partial charge in [0.25, 0.3) is 0 Å². The van der Waals surface area contributed by atoms with Crippen LogP contribution in [0.15, 0.2) is 24.3 Å². The predicted octanol–water partition coefficient (Wildman–Crippen LogP) is 1.80. The van der Waals surface area contributed by atoms with Crippen LogP contribution in [0.4, 0.5) is 0 Å². The highest BCUT2D eigenvalue weighted by atomic mass is 16.5. The van der Waals surface area contributed by atoms with Crippen molar-refractivity contribution in [1.82, 2.24) is 5.43 Å². The molecule has 3 N–H and O–H groups in total. The number of hydrogen-bond donors (Lipinski definition) is 2. The second-order valence-corrected chi connectivity index (χ2v) is 3.98. The molecule has 0 saturated heterocycles. The molecule has 1 aromatic rings. The van der Waals surface area contributed by atoms with Gasteiger partial charge in [0.05, 0.1) is 0 Å². The average molecular weight is 222 g/mol. The Hall–Kier alpha value is -0.900. The van der Waals surface area contributed by atoms with Crippen LogP contribution in [-0.4, -0.2) is 19.3 Å². The van der Waals surface area contributed by atoms with Crippen molar-refractivity contribution in [3.63, 3.8) is 0 Å². The number of nitrogens with two attached hydrogens (primary N) is 1. The minimum Gasteiger partial charge on any atom is -0.382 e. The van der Waals surface area contributed by atoms with E-state index in [4.69, 9.17) is 10.6 Å². The third-order valence-electron chi connectivity index (χ3n) is 2.78. The van der Waals surface area contributed by atoms with E-state index < -0.39 is 0 Å². The molecule has 0 aromatic heterocycles. The summed E-state index contributed by atoms with van der Waals surface area (Å²) in [6.07, 6.45) is 1.90. The van der Waals surface area contributed by atoms with Gasteiger partial charge in [0.15, 0.2) is 0 Å². The van der Waals surface area contributed by atoms with Crippen molar-refractivity contribution >= 4 is 0 Å². The topological polar surface area (TPSA) is 47.3 Å². The first-order valence-electron chi connectivity index (χ1n) is 5.86. The van der Waals surface area contributed by atoms with Gasteiger partial charge in [0, 0.05) is 19.3 Å². The summed E-state index contributed by atoms with van der Waals surface area (Å²) < 4.78 is 5.34. The number of hydrogen-bond acceptors (Lipinski definition) is 3. The molecule has 1 aromatic carbocycles. The van der Waals surface area contributed by atoms with Crippen LogP contribution < -0.4 is 11.3 Å². The van der Waals surface area contributed by atoms with Gasteiger partial charge in [-0.25, -0.2) is 0 Å². The van der Waals surface area contributed by atoms with Gasteiger partial charge in [0.2, 0.25) is 0 Å². The summed E-state index contributed by atoms with van der Waals surface area (Å²) in [5.41, 5.74) is 5.52. The van der Waals surface area contributed by atoms with Crippen molar-refractivity contribution in [1.29, 1.82) is 0 Å². The maximum Gasteiger partial charge on any atom is 0.0481 e. The van der Waals surface area contributed by atoms with Crippen LogP contribution in [0.25, 0.3) is 0 Å². The fraction of sp³-hybridized carbons (Fsp3) is 0.538. The van der Waals surface area contributed by atoms with E-state index in [0.29, 0.717) is 0 Å². The zero-order valence-corrected chi connectivity index (χ0v) is 10.2. The Balaban J connectivity index is 2.46. The fourth-order valence-corrected chi connectivity index (χ4v) is 1.72. The standard InChI is InChI=1S/C13H22N2O/c1-3-16-9-8-13(15-14)10-12-7-5-4-6-11(12)2/h4-7,13,15H,3,8-10,14H2,1-2H3. The van der Waals surface area contributed by atoms with Gasteiger partial charge in [-0.1, -0.05) is 24.3 Å². The highest BCUT2D eigenvalue weighted by molar-refractivity contribution is 5.26. The van der Waals surface area contributed by atoms with E-state index in [1.165, 1.54) is 11.1 Å². The van der Waals surface area contributed by atoms with Crippen LogP contribution in [0.5, 0.6) is 0 Å². The molecule has 0 radical (unpaired) electrons. The SMILES string of the molecule is CCOCCC(Cc1ccccc1C)NN. The minimum absolute atomic E-state index is 0.285. The van der Waals surface area contributed by atoms with Crippen LogP contribution in [0.2, 0.25) is 0 Å². The van der Waals surface area contributed by atoms with E-state index >= 15 is 0 Å². The van der Waals surface area contributed by atoms with Gasteiger partial charge in [-0.15, -0.1) is 0 Å². The molecule has 0 aliphatic rings. The highest BCUT2D eigenvalue weighted by Gasteiger charge is 2.08. The lowest BCUT2D eigenvalue weighted by Crippen LogP contribution is -2.37. The lowest BCUT2D eigenvalue weighted by atomic mass is 10.00. The summed E-state index contributed by atoms with van der Waals surface area (Å²) in [6.45, 7) is 5.66. The molecule has 0 heterocycles. The molecule has 3 heteroatoms. The van der Waals surface area contributed by atoms with Crippen molar-refractivity contribution in [2.24, 2.45) is 5.84 Å². The molecule has 16 heavy (non-hydrogen) atoms. The zero-order chi connectivity index (χ0) is 11.8. The molecule has 0 fully saturated rings. The van der Waals surface area contributed by atoms with Crippen molar-refractivity contribution in [2.75, 3.05) is 13.2 Å². The number of hydrazine groups is 1. The first-order chi connectivity index (χ1) is 7.77. The smallest absolute Gasteiger partial charge is 0.0481 e. The van der Waals surface area contributed by atoms with Gasteiger partial charge in [-0.05, 0) is 37.8 Å². The van der Waals surface area contributed by atoms with E-state index in [2.05, 4.69) is 36.6 Å². The summed E-state index contributed by atoms with van der Waals surface area (Å²) in [5, 5.41) is 0. The summed E-state index contributed by atoms with van der Waals surface area (Å²) in [5.74, 6) is 5.55. The lowest BCUT2D eigenvalue weighted by Gasteiger charge is -2.16. The summed E-state index contributed by atoms with van der Waals surface area (Å²) >= 11 is 0. The Bertz CT molecular complexity index is 302. The van der Waals surface area contributed by atoms with Gasteiger partial charge in [-0.2, -0.15) is 0 Å². The Morgan fingerprint density at radius 3 is 2.75 bits per heavy atom. The van der Waals surface area contributed by atoms with Crippen LogP contribution in [0, 0.1) is 6.92 Å². The quantitative estimate of drug-likeness (QED) is 0.420. The molecule has 0 saturated carbocycles. The number of rotatable bonds is 7. The normalized spacial score (nSPS) is 12.7. The Morgan fingerprint density at radius 1 is 1.38 bits per heavy atom. The number of ether oxygens (including phenoxy) is 1. The van der Waals surface area contributed by atoms with E-state index in [1.807, 2.05) is 6.92 Å². The largest absolute Gasteiger partial charge is 0.382 e. The third kappa shape index (κ3) is 4.31. The monoisotopic (exact) mass is 222 g/mol. The lowest BCUT2D eigenvalue weighted by molar-refractivity contribution is 0.136. The first-order valence-corrected chi connectivity index (χ1v) is 5.86. The van der Waals surface area contributed by atoms with Crippen molar-refractivity contribution < 1.29 is 4.74 Å². The minimum atomic E-state index is 0.285. The molecule has 0 aliphatic heterocycles. The summed E-state index contributed by atoms with van der Waals surface area (Å²) in [7, 11) is 0. The zero-order valence-electron chi connectivity index (χ0n) is 10.2. The molecule has 0 aliphatic carbocycles. The molecule has 90 valence electrons. The highest BCUT2D eigenvalue weighted by Crippen LogP contribution is 2.10. The third-order valence-corrected chi connectivity index (χ3v) is 2.78. The Labute approximate surface area is 98.0 Å². The van der Waals surface area contributed by atoms with Crippen molar-refractivity contribution in [3.05, 3.63) is 35.4 Å². The molecular weight excluding hydrogens is 200 g/mol. The van der Waals surface area contributed by atoms with Gasteiger partial charge in [-0.3, -0.25) is 11.3 Å². The first kappa shape index (κ1) is 13.2. The molecule has 1 rings (SSSR count). The Morgan fingerprint density at radius 2 is 2.12 bits per heavy atom. The second kappa shape index (κ2) is 7.39.